The monoisotopic (exact) mass is 255 g/mol. The average Bonchev–Trinajstić information content (AvgIpc) is 2.46. The Balaban J connectivity index is 2.13. The molecule has 1 aromatic heterocycles. The van der Waals surface area contributed by atoms with Gasteiger partial charge in [0.2, 0.25) is 0 Å². The first-order valence-corrected chi connectivity index (χ1v) is 6.71. The highest BCUT2D eigenvalue weighted by Crippen LogP contribution is 2.19. The first-order chi connectivity index (χ1) is 9.20. The van der Waals surface area contributed by atoms with E-state index in [0.717, 1.165) is 24.3 Å². The van der Waals surface area contributed by atoms with Crippen molar-refractivity contribution < 1.29 is 0 Å². The Morgan fingerprint density at radius 1 is 1.16 bits per heavy atom. The molecule has 0 aliphatic rings. The van der Waals surface area contributed by atoms with E-state index in [4.69, 9.17) is 5.73 Å². The van der Waals surface area contributed by atoms with E-state index in [1.165, 1.54) is 5.69 Å². The Hall–Kier alpha value is -1.87. The summed E-state index contributed by atoms with van der Waals surface area (Å²) in [6.45, 7) is 5.94. The van der Waals surface area contributed by atoms with Crippen molar-refractivity contribution in [2.24, 2.45) is 5.73 Å². The van der Waals surface area contributed by atoms with Crippen LogP contribution in [0.3, 0.4) is 0 Å². The number of nitrogens with two attached hydrogens (primary N) is 1. The zero-order valence-electron chi connectivity index (χ0n) is 11.6. The van der Waals surface area contributed by atoms with Gasteiger partial charge in [-0.25, -0.2) is 0 Å². The first-order valence-electron chi connectivity index (χ1n) is 6.71. The molecule has 1 unspecified atom stereocenters. The molecule has 0 saturated heterocycles. The maximum Gasteiger partial charge on any atom is 0.0601 e. The zero-order valence-corrected chi connectivity index (χ0v) is 11.6. The maximum atomic E-state index is 5.87. The fraction of sp³-hybridized carbons (Fsp3) is 0.312. The summed E-state index contributed by atoms with van der Waals surface area (Å²) >= 11 is 0. The molecular weight excluding hydrogens is 234 g/mol. The molecule has 1 aromatic carbocycles. The highest BCUT2D eigenvalue weighted by Gasteiger charge is 2.06. The lowest BCUT2D eigenvalue weighted by molar-refractivity contribution is 0.801. The molecule has 0 saturated carbocycles. The van der Waals surface area contributed by atoms with Gasteiger partial charge in [0.15, 0.2) is 0 Å². The second-order valence-electron chi connectivity index (χ2n) is 4.72. The topological polar surface area (TPSA) is 42.2 Å². The SMILES string of the molecule is CCN(Cc1ccccn1)c1ccc(C(C)N)cc1. The number of rotatable bonds is 5. The van der Waals surface area contributed by atoms with Gasteiger partial charge < -0.3 is 10.6 Å². The van der Waals surface area contributed by atoms with Crippen molar-refractivity contribution in [2.75, 3.05) is 11.4 Å². The van der Waals surface area contributed by atoms with Gasteiger partial charge in [0.25, 0.3) is 0 Å². The molecule has 3 heteroatoms. The largest absolute Gasteiger partial charge is 0.366 e. The molecule has 1 heterocycles. The van der Waals surface area contributed by atoms with Crippen molar-refractivity contribution >= 4 is 5.69 Å². The predicted molar refractivity (Wildman–Crippen MR) is 80.0 cm³/mol. The standard InChI is InChI=1S/C16H21N3/c1-3-19(12-15-6-4-5-11-18-15)16-9-7-14(8-10-16)13(2)17/h4-11,13H,3,12,17H2,1-2H3. The maximum absolute atomic E-state index is 5.87. The van der Waals surface area contributed by atoms with E-state index in [1.807, 2.05) is 25.3 Å². The van der Waals surface area contributed by atoms with E-state index in [1.54, 1.807) is 0 Å². The molecule has 0 radical (unpaired) electrons. The van der Waals surface area contributed by atoms with E-state index in [-0.39, 0.29) is 6.04 Å². The van der Waals surface area contributed by atoms with Crippen molar-refractivity contribution in [3.8, 4) is 0 Å². The minimum absolute atomic E-state index is 0.0833. The highest BCUT2D eigenvalue weighted by molar-refractivity contribution is 5.48. The van der Waals surface area contributed by atoms with E-state index in [9.17, 15) is 0 Å². The Morgan fingerprint density at radius 3 is 2.42 bits per heavy atom. The quantitative estimate of drug-likeness (QED) is 0.892. The third kappa shape index (κ3) is 3.55. The molecule has 0 amide bonds. The normalized spacial score (nSPS) is 12.2. The van der Waals surface area contributed by atoms with Gasteiger partial charge in [0, 0.05) is 24.5 Å². The van der Waals surface area contributed by atoms with Crippen LogP contribution in [-0.2, 0) is 6.54 Å². The number of benzene rings is 1. The second kappa shape index (κ2) is 6.34. The van der Waals surface area contributed by atoms with Gasteiger partial charge >= 0.3 is 0 Å². The third-order valence-electron chi connectivity index (χ3n) is 3.24. The fourth-order valence-electron chi connectivity index (χ4n) is 2.06. The van der Waals surface area contributed by atoms with Crippen LogP contribution in [-0.4, -0.2) is 11.5 Å². The Labute approximate surface area is 115 Å². The lowest BCUT2D eigenvalue weighted by Crippen LogP contribution is -2.22. The summed E-state index contributed by atoms with van der Waals surface area (Å²) in [5, 5.41) is 0. The molecule has 0 bridgehead atoms. The van der Waals surface area contributed by atoms with Gasteiger partial charge in [0.1, 0.15) is 0 Å². The van der Waals surface area contributed by atoms with E-state index >= 15 is 0 Å². The minimum atomic E-state index is 0.0833. The highest BCUT2D eigenvalue weighted by atomic mass is 15.1. The summed E-state index contributed by atoms with van der Waals surface area (Å²) in [4.78, 5) is 6.68. The molecule has 0 aliphatic heterocycles. The van der Waals surface area contributed by atoms with Crippen molar-refractivity contribution in [3.05, 3.63) is 59.9 Å². The molecule has 100 valence electrons. The summed E-state index contributed by atoms with van der Waals surface area (Å²) in [6.07, 6.45) is 1.84. The number of hydrogen-bond acceptors (Lipinski definition) is 3. The number of aromatic nitrogens is 1. The summed E-state index contributed by atoms with van der Waals surface area (Å²) in [6, 6.07) is 14.6. The number of nitrogens with zero attached hydrogens (tertiary/aromatic N) is 2. The van der Waals surface area contributed by atoms with E-state index in [0.29, 0.717) is 0 Å². The van der Waals surface area contributed by atoms with Crippen LogP contribution in [0.25, 0.3) is 0 Å². The van der Waals surface area contributed by atoms with Gasteiger partial charge in [-0.3, -0.25) is 4.98 Å². The zero-order chi connectivity index (χ0) is 13.7. The minimum Gasteiger partial charge on any atom is -0.366 e. The third-order valence-corrected chi connectivity index (χ3v) is 3.24. The van der Waals surface area contributed by atoms with Crippen LogP contribution in [0.15, 0.2) is 48.7 Å². The fourth-order valence-corrected chi connectivity index (χ4v) is 2.06. The Morgan fingerprint density at radius 2 is 1.89 bits per heavy atom. The van der Waals surface area contributed by atoms with Gasteiger partial charge in [-0.05, 0) is 43.7 Å². The van der Waals surface area contributed by atoms with Gasteiger partial charge in [-0.15, -0.1) is 0 Å². The average molecular weight is 255 g/mol. The van der Waals surface area contributed by atoms with Crippen LogP contribution in [0, 0.1) is 0 Å². The van der Waals surface area contributed by atoms with Crippen LogP contribution in [0.1, 0.15) is 31.1 Å². The van der Waals surface area contributed by atoms with E-state index in [2.05, 4.69) is 47.1 Å². The van der Waals surface area contributed by atoms with Crippen LogP contribution >= 0.6 is 0 Å². The number of pyridine rings is 1. The van der Waals surface area contributed by atoms with Crippen LogP contribution in [0.5, 0.6) is 0 Å². The second-order valence-corrected chi connectivity index (χ2v) is 4.72. The van der Waals surface area contributed by atoms with Crippen LogP contribution < -0.4 is 10.6 Å². The first kappa shape index (κ1) is 13.6. The van der Waals surface area contributed by atoms with Gasteiger partial charge in [-0.2, -0.15) is 0 Å². The van der Waals surface area contributed by atoms with Crippen molar-refractivity contribution in [3.63, 3.8) is 0 Å². The molecular formula is C16H21N3. The molecule has 0 aliphatic carbocycles. The van der Waals surface area contributed by atoms with Crippen LogP contribution in [0.2, 0.25) is 0 Å². The van der Waals surface area contributed by atoms with Gasteiger partial charge in [-0.1, -0.05) is 18.2 Å². The molecule has 1 atom stereocenters. The lowest BCUT2D eigenvalue weighted by atomic mass is 10.1. The Kier molecular flexibility index (Phi) is 4.53. The molecule has 19 heavy (non-hydrogen) atoms. The molecule has 0 spiro atoms. The van der Waals surface area contributed by atoms with Crippen molar-refractivity contribution in [1.82, 2.24) is 4.98 Å². The summed E-state index contributed by atoms with van der Waals surface area (Å²) in [7, 11) is 0. The molecule has 0 fully saturated rings. The lowest BCUT2D eigenvalue weighted by Gasteiger charge is -2.23. The van der Waals surface area contributed by atoms with Crippen molar-refractivity contribution in [2.45, 2.75) is 26.4 Å². The number of anilines is 1. The van der Waals surface area contributed by atoms with E-state index < -0.39 is 0 Å². The smallest absolute Gasteiger partial charge is 0.0601 e. The summed E-state index contributed by atoms with van der Waals surface area (Å²) in [5.74, 6) is 0. The Bertz CT molecular complexity index is 491. The summed E-state index contributed by atoms with van der Waals surface area (Å²) < 4.78 is 0. The molecule has 3 nitrogen and oxygen atoms in total. The number of hydrogen-bond donors (Lipinski definition) is 1. The summed E-state index contributed by atoms with van der Waals surface area (Å²) in [5.41, 5.74) is 9.33. The van der Waals surface area contributed by atoms with Crippen LogP contribution in [0.4, 0.5) is 5.69 Å². The van der Waals surface area contributed by atoms with Gasteiger partial charge in [0.05, 0.1) is 12.2 Å². The molecule has 2 aromatic rings. The molecule has 2 N–H and O–H groups in total. The molecule has 2 rings (SSSR count). The predicted octanol–water partition coefficient (Wildman–Crippen LogP) is 3.13. The van der Waals surface area contributed by atoms with Crippen molar-refractivity contribution in [1.29, 1.82) is 0 Å².